The molecule has 0 unspecified atom stereocenters. The van der Waals surface area contributed by atoms with Crippen LogP contribution in [-0.2, 0) is 0 Å². The molecule has 2 aromatic rings. The molecule has 3 rings (SSSR count). The summed E-state index contributed by atoms with van der Waals surface area (Å²) in [5.74, 6) is -0.558. The first-order valence-electron chi connectivity index (χ1n) is 5.81. The fraction of sp³-hybridized carbons (Fsp3) is 0.200. The van der Waals surface area contributed by atoms with E-state index >= 15 is 0 Å². The molecular weight excluding hydrogens is 237 g/mol. The molecule has 0 fully saturated rings. The van der Waals surface area contributed by atoms with Crippen molar-refractivity contribution in [2.75, 3.05) is 0 Å². The van der Waals surface area contributed by atoms with Crippen LogP contribution in [0.5, 0.6) is 0 Å². The molecule has 92 valence electrons. The van der Waals surface area contributed by atoms with Gasteiger partial charge in [0.25, 0.3) is 0 Å². The molecule has 0 aromatic heterocycles. The van der Waals surface area contributed by atoms with E-state index < -0.39 is 18.5 Å². The predicted octanol–water partition coefficient (Wildman–Crippen LogP) is 4.75. The van der Waals surface area contributed by atoms with Gasteiger partial charge in [-0.25, -0.2) is 0 Å². The minimum Gasteiger partial charge on any atom is -0.171 e. The molecule has 1 aliphatic carbocycles. The van der Waals surface area contributed by atoms with Crippen molar-refractivity contribution < 1.29 is 13.2 Å². The highest BCUT2D eigenvalue weighted by molar-refractivity contribution is 5.78. The summed E-state index contributed by atoms with van der Waals surface area (Å²) in [4.78, 5) is 0. The van der Waals surface area contributed by atoms with Crippen LogP contribution in [0.2, 0.25) is 0 Å². The second-order valence-electron chi connectivity index (χ2n) is 4.55. The van der Waals surface area contributed by atoms with Gasteiger partial charge in [-0.2, -0.15) is 13.2 Å². The van der Waals surface area contributed by atoms with Crippen molar-refractivity contribution >= 4 is 0 Å². The number of alkyl halides is 3. The van der Waals surface area contributed by atoms with E-state index in [1.807, 2.05) is 24.3 Å². The van der Waals surface area contributed by atoms with Gasteiger partial charge >= 0.3 is 6.18 Å². The summed E-state index contributed by atoms with van der Waals surface area (Å²) in [7, 11) is 0. The molecule has 0 nitrogen and oxygen atoms in total. The van der Waals surface area contributed by atoms with Crippen LogP contribution in [0.1, 0.15) is 23.5 Å². The molecule has 0 saturated carbocycles. The number of halogens is 3. The highest BCUT2D eigenvalue weighted by atomic mass is 19.4. The first kappa shape index (κ1) is 11.3. The lowest BCUT2D eigenvalue weighted by atomic mass is 9.93. The van der Waals surface area contributed by atoms with Gasteiger partial charge in [0.15, 0.2) is 0 Å². The van der Waals surface area contributed by atoms with Crippen molar-refractivity contribution in [2.45, 2.75) is 18.5 Å². The summed E-state index contributed by atoms with van der Waals surface area (Å²) in [5.41, 5.74) is 3.44. The Morgan fingerprint density at radius 3 is 1.67 bits per heavy atom. The van der Waals surface area contributed by atoms with Crippen LogP contribution in [0, 0.1) is 0 Å². The van der Waals surface area contributed by atoms with Crippen LogP contribution < -0.4 is 0 Å². The van der Waals surface area contributed by atoms with Crippen molar-refractivity contribution in [3.05, 3.63) is 59.7 Å². The van der Waals surface area contributed by atoms with Crippen molar-refractivity contribution in [1.82, 2.24) is 0 Å². The summed E-state index contributed by atoms with van der Waals surface area (Å²) in [5, 5.41) is 0. The molecule has 0 atom stereocenters. The molecule has 0 saturated heterocycles. The summed E-state index contributed by atoms with van der Waals surface area (Å²) in [6, 6.07) is 14.7. The molecule has 0 spiro atoms. The average molecular weight is 248 g/mol. The van der Waals surface area contributed by atoms with Gasteiger partial charge in [0, 0.05) is 5.92 Å². The van der Waals surface area contributed by atoms with Gasteiger partial charge in [-0.15, -0.1) is 0 Å². The second kappa shape index (κ2) is 3.87. The van der Waals surface area contributed by atoms with Crippen LogP contribution >= 0.6 is 0 Å². The lowest BCUT2D eigenvalue weighted by Gasteiger charge is -2.15. The number of rotatable bonds is 1. The van der Waals surface area contributed by atoms with Crippen LogP contribution in [0.15, 0.2) is 48.5 Å². The van der Waals surface area contributed by atoms with E-state index in [1.54, 1.807) is 24.3 Å². The zero-order valence-corrected chi connectivity index (χ0v) is 9.54. The van der Waals surface area contributed by atoms with Crippen molar-refractivity contribution in [2.24, 2.45) is 0 Å². The Morgan fingerprint density at radius 2 is 1.22 bits per heavy atom. The second-order valence-corrected chi connectivity index (χ2v) is 4.55. The number of hydrogen-bond donors (Lipinski definition) is 0. The van der Waals surface area contributed by atoms with Crippen molar-refractivity contribution in [3.8, 4) is 11.1 Å². The van der Waals surface area contributed by atoms with Crippen molar-refractivity contribution in [1.29, 1.82) is 0 Å². The van der Waals surface area contributed by atoms with Gasteiger partial charge in [0.2, 0.25) is 0 Å². The van der Waals surface area contributed by atoms with Crippen LogP contribution in [0.25, 0.3) is 11.1 Å². The molecule has 1 aliphatic rings. The Bertz CT molecular complexity index is 539. The van der Waals surface area contributed by atoms with Gasteiger partial charge in [0.05, 0.1) is 6.42 Å². The highest BCUT2D eigenvalue weighted by Gasteiger charge is 2.38. The predicted molar refractivity (Wildman–Crippen MR) is 64.4 cm³/mol. The first-order chi connectivity index (χ1) is 8.56. The van der Waals surface area contributed by atoms with Gasteiger partial charge < -0.3 is 0 Å². The highest BCUT2D eigenvalue weighted by Crippen LogP contribution is 2.48. The quantitative estimate of drug-likeness (QED) is 0.683. The molecule has 0 aliphatic heterocycles. The molecule has 0 bridgehead atoms. The van der Waals surface area contributed by atoms with E-state index in [4.69, 9.17) is 0 Å². The maximum absolute atomic E-state index is 12.7. The first-order valence-corrected chi connectivity index (χ1v) is 5.81. The third-order valence-electron chi connectivity index (χ3n) is 3.40. The normalized spacial score (nSPS) is 14.4. The van der Waals surface area contributed by atoms with E-state index in [0.29, 0.717) is 0 Å². The maximum Gasteiger partial charge on any atom is 0.390 e. The maximum atomic E-state index is 12.7. The zero-order chi connectivity index (χ0) is 12.8. The largest absolute Gasteiger partial charge is 0.390 e. The monoisotopic (exact) mass is 248 g/mol. The minimum absolute atomic E-state index is 0.558. The topological polar surface area (TPSA) is 0 Å². The fourth-order valence-corrected chi connectivity index (χ4v) is 2.71. The number of benzene rings is 2. The van der Waals surface area contributed by atoms with Gasteiger partial charge in [-0.3, -0.25) is 0 Å². The summed E-state index contributed by atoms with van der Waals surface area (Å²) in [6.45, 7) is 0. The summed E-state index contributed by atoms with van der Waals surface area (Å²) < 4.78 is 38.1. The SMILES string of the molecule is FC(F)(F)CC1c2ccccc2-c2ccccc21. The minimum atomic E-state index is -4.14. The van der Waals surface area contributed by atoms with Gasteiger partial charge in [0.1, 0.15) is 0 Å². The number of fused-ring (bicyclic) bond motifs is 3. The summed E-state index contributed by atoms with van der Waals surface area (Å²) in [6.07, 6.45) is -4.93. The van der Waals surface area contributed by atoms with E-state index in [1.165, 1.54) is 0 Å². The molecule has 0 radical (unpaired) electrons. The standard InChI is InChI=1S/C15H11F3/c16-15(17,18)9-14-12-7-3-1-5-10(12)11-6-2-4-8-13(11)14/h1-8,14H,9H2. The molecule has 0 heterocycles. The average Bonchev–Trinajstić information content (AvgIpc) is 2.64. The van der Waals surface area contributed by atoms with Gasteiger partial charge in [-0.1, -0.05) is 48.5 Å². The van der Waals surface area contributed by atoms with Crippen molar-refractivity contribution in [3.63, 3.8) is 0 Å². The lowest BCUT2D eigenvalue weighted by Crippen LogP contribution is -2.13. The third-order valence-corrected chi connectivity index (χ3v) is 3.40. The Hall–Kier alpha value is -1.77. The van der Waals surface area contributed by atoms with E-state index in [2.05, 4.69) is 0 Å². The number of hydrogen-bond acceptors (Lipinski definition) is 0. The molecule has 18 heavy (non-hydrogen) atoms. The molecule has 2 aromatic carbocycles. The van der Waals surface area contributed by atoms with Crippen LogP contribution in [0.3, 0.4) is 0 Å². The molecule has 0 N–H and O–H groups in total. The lowest BCUT2D eigenvalue weighted by molar-refractivity contribution is -0.136. The molecule has 3 heteroatoms. The van der Waals surface area contributed by atoms with Crippen LogP contribution in [-0.4, -0.2) is 6.18 Å². The Morgan fingerprint density at radius 1 is 0.778 bits per heavy atom. The Labute approximate surface area is 103 Å². The Kier molecular flexibility index (Phi) is 2.44. The zero-order valence-electron chi connectivity index (χ0n) is 9.54. The smallest absolute Gasteiger partial charge is 0.171 e. The van der Waals surface area contributed by atoms with Gasteiger partial charge in [-0.05, 0) is 22.3 Å². The van der Waals surface area contributed by atoms with E-state index in [-0.39, 0.29) is 0 Å². The third kappa shape index (κ3) is 1.80. The molecule has 0 amide bonds. The molecular formula is C15H11F3. The van der Waals surface area contributed by atoms with Crippen LogP contribution in [0.4, 0.5) is 13.2 Å². The summed E-state index contributed by atoms with van der Waals surface area (Å²) >= 11 is 0. The van der Waals surface area contributed by atoms with E-state index in [9.17, 15) is 13.2 Å². The Balaban J connectivity index is 2.15. The fourth-order valence-electron chi connectivity index (χ4n) is 2.71. The van der Waals surface area contributed by atoms with E-state index in [0.717, 1.165) is 22.3 Å².